The molecular formula is C20H32O4S2. The smallest absolute Gasteiger partial charge is 0.330 e. The Kier molecular flexibility index (Phi) is 9.07. The van der Waals surface area contributed by atoms with Crippen molar-refractivity contribution in [2.24, 2.45) is 5.92 Å². The predicted octanol–water partition coefficient (Wildman–Crippen LogP) is 4.80. The van der Waals surface area contributed by atoms with Gasteiger partial charge in [-0.25, -0.2) is 4.79 Å². The van der Waals surface area contributed by atoms with E-state index in [9.17, 15) is 4.79 Å². The fourth-order valence-electron chi connectivity index (χ4n) is 3.35. The molecule has 0 radical (unpaired) electrons. The maximum atomic E-state index is 11.4. The van der Waals surface area contributed by atoms with Crippen LogP contribution in [-0.4, -0.2) is 47.7 Å². The van der Waals surface area contributed by atoms with Crippen molar-refractivity contribution >= 4 is 29.5 Å². The highest BCUT2D eigenvalue weighted by molar-refractivity contribution is 8.18. The minimum absolute atomic E-state index is 0.00380. The van der Waals surface area contributed by atoms with Crippen LogP contribution in [0.5, 0.6) is 0 Å². The summed E-state index contributed by atoms with van der Waals surface area (Å²) < 4.78 is 17.1. The zero-order valence-corrected chi connectivity index (χ0v) is 18.0. The van der Waals surface area contributed by atoms with Crippen molar-refractivity contribution in [3.05, 3.63) is 23.8 Å². The van der Waals surface area contributed by atoms with E-state index >= 15 is 0 Å². The summed E-state index contributed by atoms with van der Waals surface area (Å²) in [5, 5.41) is 0. The van der Waals surface area contributed by atoms with E-state index in [1.807, 2.05) is 36.5 Å². The number of hydrogen-bond donors (Lipinski definition) is 0. The van der Waals surface area contributed by atoms with Crippen LogP contribution in [0.1, 0.15) is 46.5 Å². The third-order valence-electron chi connectivity index (χ3n) is 4.90. The van der Waals surface area contributed by atoms with Gasteiger partial charge in [-0.3, -0.25) is 0 Å². The van der Waals surface area contributed by atoms with Gasteiger partial charge >= 0.3 is 5.97 Å². The van der Waals surface area contributed by atoms with Gasteiger partial charge < -0.3 is 14.2 Å². The Balaban J connectivity index is 1.94. The number of carbonyl (C=O) groups excluding carboxylic acids is 1. The normalized spacial score (nSPS) is 27.6. The quantitative estimate of drug-likeness (QED) is 0.348. The maximum absolute atomic E-state index is 11.4. The summed E-state index contributed by atoms with van der Waals surface area (Å²) >= 11 is 3.97. The lowest BCUT2D eigenvalue weighted by Crippen LogP contribution is -2.44. The highest BCUT2D eigenvalue weighted by Gasteiger charge is 2.45. The molecule has 0 aromatic carbocycles. The van der Waals surface area contributed by atoms with Crippen LogP contribution in [0.4, 0.5) is 0 Å². The van der Waals surface area contributed by atoms with Crippen LogP contribution in [0.15, 0.2) is 23.8 Å². The molecule has 2 aliphatic heterocycles. The van der Waals surface area contributed by atoms with E-state index < -0.39 is 0 Å². The SMILES string of the molecule is CCOC(=O)/C=C/C=C(\C)[C@H](C[C@@H]1CC[C@@H](C)C2(O1)SCCCS2)OC. The molecule has 0 amide bonds. The molecule has 2 saturated heterocycles. The van der Waals surface area contributed by atoms with E-state index in [1.54, 1.807) is 20.1 Å². The molecule has 0 N–H and O–H groups in total. The van der Waals surface area contributed by atoms with Crippen molar-refractivity contribution in [2.75, 3.05) is 25.2 Å². The van der Waals surface area contributed by atoms with Crippen LogP contribution < -0.4 is 0 Å². The maximum Gasteiger partial charge on any atom is 0.330 e. The minimum Gasteiger partial charge on any atom is -0.463 e. The number of allylic oxidation sites excluding steroid dienone is 2. The van der Waals surface area contributed by atoms with Crippen molar-refractivity contribution in [3.8, 4) is 0 Å². The topological polar surface area (TPSA) is 44.8 Å². The van der Waals surface area contributed by atoms with Gasteiger partial charge in [0.15, 0.2) is 4.27 Å². The average molecular weight is 401 g/mol. The van der Waals surface area contributed by atoms with Gasteiger partial charge in [0.1, 0.15) is 0 Å². The largest absolute Gasteiger partial charge is 0.463 e. The molecule has 6 heteroatoms. The first-order valence-electron chi connectivity index (χ1n) is 9.51. The molecule has 0 aromatic heterocycles. The summed E-state index contributed by atoms with van der Waals surface area (Å²) in [6, 6.07) is 0. The molecule has 26 heavy (non-hydrogen) atoms. The van der Waals surface area contributed by atoms with Crippen molar-refractivity contribution in [2.45, 2.75) is 62.9 Å². The summed E-state index contributed by atoms with van der Waals surface area (Å²) in [4.78, 5) is 11.4. The first-order valence-corrected chi connectivity index (χ1v) is 11.5. The lowest BCUT2D eigenvalue weighted by atomic mass is 9.94. The summed E-state index contributed by atoms with van der Waals surface area (Å²) in [5.74, 6) is 2.65. The van der Waals surface area contributed by atoms with Crippen LogP contribution in [0.3, 0.4) is 0 Å². The molecule has 0 aliphatic carbocycles. The molecule has 2 rings (SSSR count). The number of carbonyl (C=O) groups is 1. The number of thioether (sulfide) groups is 2. The second kappa shape index (κ2) is 10.8. The van der Waals surface area contributed by atoms with Gasteiger partial charge in [0.2, 0.25) is 0 Å². The van der Waals surface area contributed by atoms with E-state index in [2.05, 4.69) is 6.92 Å². The van der Waals surface area contributed by atoms with E-state index in [0.29, 0.717) is 12.5 Å². The number of hydrogen-bond acceptors (Lipinski definition) is 6. The van der Waals surface area contributed by atoms with Gasteiger partial charge in [0.25, 0.3) is 0 Å². The van der Waals surface area contributed by atoms with Crippen molar-refractivity contribution in [1.29, 1.82) is 0 Å². The lowest BCUT2D eigenvalue weighted by molar-refractivity contribution is -0.137. The van der Waals surface area contributed by atoms with E-state index in [4.69, 9.17) is 14.2 Å². The van der Waals surface area contributed by atoms with Crippen LogP contribution in [0, 0.1) is 5.92 Å². The Morgan fingerprint density at radius 3 is 2.73 bits per heavy atom. The number of methoxy groups -OCH3 is 1. The zero-order valence-electron chi connectivity index (χ0n) is 16.4. The Labute approximate surface area is 166 Å². The highest BCUT2D eigenvalue weighted by Crippen LogP contribution is 2.53. The minimum atomic E-state index is -0.316. The molecule has 2 fully saturated rings. The molecular weight excluding hydrogens is 368 g/mol. The molecule has 4 nitrogen and oxygen atoms in total. The van der Waals surface area contributed by atoms with Crippen LogP contribution in [0.25, 0.3) is 0 Å². The van der Waals surface area contributed by atoms with Gasteiger partial charge in [-0.2, -0.15) is 0 Å². The third kappa shape index (κ3) is 6.04. The molecule has 2 heterocycles. The van der Waals surface area contributed by atoms with Gasteiger partial charge in [-0.1, -0.05) is 19.1 Å². The van der Waals surface area contributed by atoms with Gasteiger partial charge in [0.05, 0.1) is 18.8 Å². The standard InChI is InChI=1S/C20H32O4S2/c1-5-23-19(21)9-6-8-15(2)18(22-4)14-17-11-10-16(3)20(24-17)25-12-7-13-26-20/h6,8-9,16-18H,5,7,10-14H2,1-4H3/b9-6+,15-8+/t16-,17+,18+/m1/s1. The third-order valence-corrected chi connectivity index (χ3v) is 8.39. The average Bonchev–Trinajstić information content (AvgIpc) is 2.63. The first kappa shape index (κ1) is 21.9. The number of ether oxygens (including phenoxy) is 3. The summed E-state index contributed by atoms with van der Waals surface area (Å²) in [7, 11) is 1.74. The van der Waals surface area contributed by atoms with Gasteiger partial charge in [0, 0.05) is 25.5 Å². The van der Waals surface area contributed by atoms with Crippen LogP contribution in [0.2, 0.25) is 0 Å². The molecule has 0 bridgehead atoms. The summed E-state index contributed by atoms with van der Waals surface area (Å²) in [6.45, 7) is 6.55. The Hall–Kier alpha value is -0.430. The fourth-order valence-corrected chi connectivity index (χ4v) is 6.73. The molecule has 1 spiro atoms. The van der Waals surface area contributed by atoms with Crippen molar-refractivity contribution < 1.29 is 19.0 Å². The first-order chi connectivity index (χ1) is 12.5. The highest BCUT2D eigenvalue weighted by atomic mass is 32.2. The Bertz CT molecular complexity index is 512. The molecule has 0 unspecified atom stereocenters. The Morgan fingerprint density at radius 1 is 1.35 bits per heavy atom. The summed E-state index contributed by atoms with van der Waals surface area (Å²) in [6.07, 6.45) is 9.72. The number of esters is 1. The second-order valence-corrected chi connectivity index (χ2v) is 9.72. The van der Waals surface area contributed by atoms with Crippen LogP contribution in [-0.2, 0) is 19.0 Å². The Morgan fingerprint density at radius 2 is 2.08 bits per heavy atom. The lowest BCUT2D eigenvalue weighted by Gasteiger charge is -2.47. The second-order valence-electron chi connectivity index (χ2n) is 6.85. The zero-order chi connectivity index (χ0) is 19.0. The molecule has 2 aliphatic rings. The molecule has 148 valence electrons. The fraction of sp³-hybridized carbons (Fsp3) is 0.750. The van der Waals surface area contributed by atoms with Crippen molar-refractivity contribution in [3.63, 3.8) is 0 Å². The van der Waals surface area contributed by atoms with Crippen LogP contribution >= 0.6 is 23.5 Å². The van der Waals surface area contributed by atoms with E-state index in [1.165, 1.54) is 30.4 Å². The molecule has 0 saturated carbocycles. The molecule has 3 atom stereocenters. The monoisotopic (exact) mass is 400 g/mol. The van der Waals surface area contributed by atoms with E-state index in [-0.39, 0.29) is 22.4 Å². The van der Waals surface area contributed by atoms with Gasteiger partial charge in [-0.05, 0) is 50.2 Å². The summed E-state index contributed by atoms with van der Waals surface area (Å²) in [5.41, 5.74) is 1.09. The van der Waals surface area contributed by atoms with Gasteiger partial charge in [-0.15, -0.1) is 23.5 Å². The predicted molar refractivity (Wildman–Crippen MR) is 110 cm³/mol. The van der Waals surface area contributed by atoms with E-state index in [0.717, 1.165) is 18.4 Å². The molecule has 0 aromatic rings. The number of rotatable bonds is 7. The van der Waals surface area contributed by atoms with Crippen molar-refractivity contribution in [1.82, 2.24) is 0 Å².